The molecule has 1 N–H and O–H groups in total. The van der Waals surface area contributed by atoms with Crippen molar-refractivity contribution in [3.05, 3.63) is 76.4 Å². The summed E-state index contributed by atoms with van der Waals surface area (Å²) in [5.74, 6) is 3.49. The Morgan fingerprint density at radius 1 is 1.10 bits per heavy atom. The van der Waals surface area contributed by atoms with Crippen molar-refractivity contribution in [3.8, 4) is 12.3 Å². The van der Waals surface area contributed by atoms with E-state index in [9.17, 15) is 0 Å². The van der Waals surface area contributed by atoms with E-state index < -0.39 is 0 Å². The zero-order valence-corrected chi connectivity index (χ0v) is 20.0. The molecule has 1 aliphatic rings. The molecule has 2 aromatic carbocycles. The predicted molar refractivity (Wildman–Crippen MR) is 135 cm³/mol. The summed E-state index contributed by atoms with van der Waals surface area (Å²) in [4.78, 5) is 0. The Morgan fingerprint density at radius 3 is 2.29 bits per heavy atom. The van der Waals surface area contributed by atoms with Gasteiger partial charge in [-0.2, -0.15) is 0 Å². The van der Waals surface area contributed by atoms with E-state index in [1.807, 2.05) is 0 Å². The van der Waals surface area contributed by atoms with E-state index >= 15 is 0 Å². The van der Waals surface area contributed by atoms with Crippen molar-refractivity contribution >= 4 is 5.70 Å². The maximum absolute atomic E-state index is 5.52. The van der Waals surface area contributed by atoms with Crippen molar-refractivity contribution in [2.24, 2.45) is 0 Å². The smallest absolute Gasteiger partial charge is 0.0343 e. The predicted octanol–water partition coefficient (Wildman–Crippen LogP) is 7.38. The van der Waals surface area contributed by atoms with Crippen LogP contribution in [0, 0.1) is 12.3 Å². The summed E-state index contributed by atoms with van der Waals surface area (Å²) in [5, 5.41) is 3.66. The van der Waals surface area contributed by atoms with Gasteiger partial charge in [0.15, 0.2) is 0 Å². The Labute approximate surface area is 190 Å². The number of hydrogen-bond donors (Lipinski definition) is 1. The van der Waals surface area contributed by atoms with Gasteiger partial charge in [0.25, 0.3) is 0 Å². The second kappa shape index (κ2) is 10.2. The molecule has 0 bridgehead atoms. The molecule has 0 aliphatic heterocycles. The summed E-state index contributed by atoms with van der Waals surface area (Å²) in [6, 6.07) is 13.4. The van der Waals surface area contributed by atoms with Crippen LogP contribution in [0.15, 0.2) is 43.0 Å². The topological polar surface area (TPSA) is 12.0 Å². The number of hydrogen-bond acceptors (Lipinski definition) is 1. The third-order valence-corrected chi connectivity index (χ3v) is 7.54. The number of benzene rings is 2. The molecule has 1 aliphatic carbocycles. The fraction of sp³-hybridized carbons (Fsp3) is 0.467. The van der Waals surface area contributed by atoms with Gasteiger partial charge in [-0.05, 0) is 90.3 Å². The molecule has 0 radical (unpaired) electrons. The van der Waals surface area contributed by atoms with E-state index in [0.717, 1.165) is 49.4 Å². The summed E-state index contributed by atoms with van der Waals surface area (Å²) in [6.07, 6.45) is 13.9. The maximum Gasteiger partial charge on any atom is 0.0343 e. The van der Waals surface area contributed by atoms with Gasteiger partial charge in [-0.1, -0.05) is 64.8 Å². The van der Waals surface area contributed by atoms with Crippen LogP contribution in [0.25, 0.3) is 5.70 Å². The van der Waals surface area contributed by atoms with Gasteiger partial charge in [-0.25, -0.2) is 0 Å². The highest BCUT2D eigenvalue weighted by molar-refractivity contribution is 5.66. The molecule has 1 nitrogen and oxygen atoms in total. The van der Waals surface area contributed by atoms with Gasteiger partial charge in [0.1, 0.15) is 0 Å². The first kappa shape index (κ1) is 23.2. The summed E-state index contributed by atoms with van der Waals surface area (Å²) in [7, 11) is 0. The summed E-state index contributed by atoms with van der Waals surface area (Å²) >= 11 is 0. The Balaban J connectivity index is 1.71. The van der Waals surface area contributed by atoms with Crippen LogP contribution in [0.2, 0.25) is 0 Å². The van der Waals surface area contributed by atoms with Gasteiger partial charge in [0.05, 0.1) is 0 Å². The largest absolute Gasteiger partial charge is 0.385 e. The van der Waals surface area contributed by atoms with E-state index in [1.165, 1.54) is 41.5 Å². The minimum atomic E-state index is 0.122. The molecule has 0 saturated heterocycles. The minimum absolute atomic E-state index is 0.122. The monoisotopic (exact) mass is 413 g/mol. The van der Waals surface area contributed by atoms with Crippen LogP contribution in [0.4, 0.5) is 0 Å². The molecule has 31 heavy (non-hydrogen) atoms. The van der Waals surface area contributed by atoms with E-state index in [-0.39, 0.29) is 5.41 Å². The van der Waals surface area contributed by atoms with Crippen LogP contribution in [0.5, 0.6) is 0 Å². The Hall–Kier alpha value is -2.46. The van der Waals surface area contributed by atoms with Crippen molar-refractivity contribution in [3.63, 3.8) is 0 Å². The SMILES string of the molecule is C#Cc1ccc(C(C)(CC)CCNC(=C)c2cc(CC)c(C3CCC3)cc2CC)cc1. The lowest BCUT2D eigenvalue weighted by Gasteiger charge is -2.30. The van der Waals surface area contributed by atoms with Crippen molar-refractivity contribution in [1.29, 1.82) is 0 Å². The molecule has 2 aromatic rings. The standard InChI is InChI=1S/C30H39N/c1-7-23-14-16-27(17-15-23)30(6,10-4)18-19-31-22(5)28-20-25(9-3)29(21-24(28)8-2)26-12-11-13-26/h1,14-17,20-21,26,31H,5,8-13,18-19H2,2-4,6H3. The zero-order valence-electron chi connectivity index (χ0n) is 20.0. The Morgan fingerprint density at radius 2 is 1.77 bits per heavy atom. The van der Waals surface area contributed by atoms with Crippen molar-refractivity contribution in [2.75, 3.05) is 6.54 Å². The third-order valence-electron chi connectivity index (χ3n) is 7.54. The highest BCUT2D eigenvalue weighted by atomic mass is 14.9. The van der Waals surface area contributed by atoms with Crippen LogP contribution in [-0.4, -0.2) is 6.54 Å². The average molecular weight is 414 g/mol. The molecule has 164 valence electrons. The second-order valence-corrected chi connectivity index (χ2v) is 9.33. The van der Waals surface area contributed by atoms with Gasteiger partial charge in [0.2, 0.25) is 0 Å². The van der Waals surface area contributed by atoms with Gasteiger partial charge in [-0.15, -0.1) is 6.42 Å². The highest BCUT2D eigenvalue weighted by Crippen LogP contribution is 2.40. The zero-order chi connectivity index (χ0) is 22.4. The molecular formula is C30H39N. The lowest BCUT2D eigenvalue weighted by atomic mass is 9.76. The summed E-state index contributed by atoms with van der Waals surface area (Å²) in [6.45, 7) is 14.5. The molecule has 1 atom stereocenters. The molecule has 1 saturated carbocycles. The Kier molecular flexibility index (Phi) is 7.66. The minimum Gasteiger partial charge on any atom is -0.385 e. The van der Waals surface area contributed by atoms with Gasteiger partial charge in [0, 0.05) is 23.4 Å². The fourth-order valence-corrected chi connectivity index (χ4v) is 4.77. The van der Waals surface area contributed by atoms with E-state index in [4.69, 9.17) is 6.42 Å². The maximum atomic E-state index is 5.52. The molecule has 1 unspecified atom stereocenters. The van der Waals surface area contributed by atoms with Crippen LogP contribution in [-0.2, 0) is 18.3 Å². The molecule has 3 rings (SSSR count). The number of nitrogens with one attached hydrogen (secondary N) is 1. The summed E-state index contributed by atoms with van der Waals surface area (Å²) < 4.78 is 0. The lowest BCUT2D eigenvalue weighted by Crippen LogP contribution is -2.27. The van der Waals surface area contributed by atoms with E-state index in [1.54, 1.807) is 5.56 Å². The first-order valence-electron chi connectivity index (χ1n) is 12.1. The molecule has 0 aromatic heterocycles. The van der Waals surface area contributed by atoms with Crippen molar-refractivity contribution < 1.29 is 0 Å². The number of rotatable bonds is 10. The van der Waals surface area contributed by atoms with Crippen molar-refractivity contribution in [2.45, 2.75) is 84.0 Å². The lowest BCUT2D eigenvalue weighted by molar-refractivity contribution is 0.416. The van der Waals surface area contributed by atoms with Crippen LogP contribution in [0.3, 0.4) is 0 Å². The molecule has 0 amide bonds. The molecule has 0 heterocycles. The summed E-state index contributed by atoms with van der Waals surface area (Å²) in [5.41, 5.74) is 9.32. The third kappa shape index (κ3) is 5.07. The first-order valence-corrected chi connectivity index (χ1v) is 12.1. The number of aryl methyl sites for hydroxylation is 2. The van der Waals surface area contributed by atoms with E-state index in [2.05, 4.69) is 81.9 Å². The average Bonchev–Trinajstić information content (AvgIpc) is 2.77. The van der Waals surface area contributed by atoms with Gasteiger partial charge >= 0.3 is 0 Å². The van der Waals surface area contributed by atoms with Gasteiger partial charge in [-0.3, -0.25) is 0 Å². The van der Waals surface area contributed by atoms with Crippen LogP contribution >= 0.6 is 0 Å². The Bertz CT molecular complexity index is 940. The number of terminal acetylenes is 1. The molecule has 1 fully saturated rings. The van der Waals surface area contributed by atoms with Crippen molar-refractivity contribution in [1.82, 2.24) is 5.32 Å². The molecule has 0 spiro atoms. The fourth-order valence-electron chi connectivity index (χ4n) is 4.77. The van der Waals surface area contributed by atoms with E-state index in [0.29, 0.717) is 0 Å². The first-order chi connectivity index (χ1) is 15.0. The highest BCUT2D eigenvalue weighted by Gasteiger charge is 2.25. The van der Waals surface area contributed by atoms with Gasteiger partial charge < -0.3 is 5.32 Å². The second-order valence-electron chi connectivity index (χ2n) is 9.33. The quantitative estimate of drug-likeness (QED) is 0.401. The normalized spacial score (nSPS) is 15.6. The molecule has 1 heteroatoms. The molecular weight excluding hydrogens is 374 g/mol. The van der Waals surface area contributed by atoms with Crippen LogP contribution in [0.1, 0.15) is 99.1 Å². The van der Waals surface area contributed by atoms with Crippen LogP contribution < -0.4 is 5.32 Å².